The maximum absolute atomic E-state index is 11.8. The lowest BCUT2D eigenvalue weighted by Crippen LogP contribution is -2.16. The Labute approximate surface area is 183 Å². The van der Waals surface area contributed by atoms with E-state index in [2.05, 4.69) is 20.6 Å². The van der Waals surface area contributed by atoms with E-state index in [9.17, 15) is 18.5 Å². The molecule has 0 unspecified atom stereocenters. The molecule has 12 nitrogen and oxygen atoms in total. The fourth-order valence-corrected chi connectivity index (χ4v) is 3.61. The van der Waals surface area contributed by atoms with Gasteiger partial charge in [-0.15, -0.1) is 0 Å². The van der Waals surface area contributed by atoms with Crippen LogP contribution >= 0.6 is 0 Å². The summed E-state index contributed by atoms with van der Waals surface area (Å²) >= 11 is 0. The normalized spacial score (nSPS) is 11.0. The molecule has 3 rings (SSSR count). The molecule has 0 amide bonds. The van der Waals surface area contributed by atoms with Gasteiger partial charge >= 0.3 is 5.69 Å². The molecule has 0 atom stereocenters. The summed E-state index contributed by atoms with van der Waals surface area (Å²) in [4.78, 5) is 18.8. The molecule has 0 saturated heterocycles. The summed E-state index contributed by atoms with van der Waals surface area (Å²) in [5.74, 6) is 0.959. The van der Waals surface area contributed by atoms with Gasteiger partial charge in [0.1, 0.15) is 17.7 Å². The van der Waals surface area contributed by atoms with Crippen LogP contribution in [-0.4, -0.2) is 37.5 Å². The molecule has 0 radical (unpaired) electrons. The molecule has 2 aromatic carbocycles. The van der Waals surface area contributed by atoms with E-state index >= 15 is 0 Å². The Morgan fingerprint density at radius 2 is 1.91 bits per heavy atom. The van der Waals surface area contributed by atoms with Crippen LogP contribution in [-0.2, 0) is 16.6 Å². The number of nitrogens with one attached hydrogen (secondary N) is 2. The molecular formula is C19H20N6O6S. The highest BCUT2D eigenvalue weighted by Gasteiger charge is 2.20. The summed E-state index contributed by atoms with van der Waals surface area (Å²) in [6.45, 7) is -0.0770. The fourth-order valence-electron chi connectivity index (χ4n) is 2.84. The Kier molecular flexibility index (Phi) is 6.70. The summed E-state index contributed by atoms with van der Waals surface area (Å²) in [5, 5.41) is 22.4. The molecule has 0 aliphatic carbocycles. The number of anilines is 3. The number of aromatic nitrogens is 2. The number of hydrogen-bond donors (Lipinski definition) is 3. The molecule has 0 aliphatic heterocycles. The number of nitrogens with zero attached hydrogens (tertiary/aromatic N) is 3. The van der Waals surface area contributed by atoms with Crippen molar-refractivity contribution in [2.45, 2.75) is 11.4 Å². The van der Waals surface area contributed by atoms with Gasteiger partial charge in [-0.25, -0.2) is 18.5 Å². The third-order valence-corrected chi connectivity index (χ3v) is 5.36. The van der Waals surface area contributed by atoms with Crippen molar-refractivity contribution in [1.29, 1.82) is 0 Å². The molecule has 1 aromatic heterocycles. The zero-order chi connectivity index (χ0) is 23.3. The molecule has 0 spiro atoms. The summed E-state index contributed by atoms with van der Waals surface area (Å²) in [5.41, 5.74) is 0.416. The van der Waals surface area contributed by atoms with Crippen LogP contribution in [0, 0.1) is 10.1 Å². The number of hydrogen-bond acceptors (Lipinski definition) is 10. The van der Waals surface area contributed by atoms with Crippen LogP contribution in [0.5, 0.6) is 11.5 Å². The number of ether oxygens (including phenoxy) is 2. The third kappa shape index (κ3) is 5.19. The second-order valence-electron chi connectivity index (χ2n) is 6.38. The Morgan fingerprint density at radius 3 is 2.56 bits per heavy atom. The van der Waals surface area contributed by atoms with Crippen LogP contribution in [0.4, 0.5) is 23.1 Å². The van der Waals surface area contributed by atoms with Gasteiger partial charge in [-0.2, -0.15) is 4.98 Å². The monoisotopic (exact) mass is 460 g/mol. The second kappa shape index (κ2) is 9.45. The smallest absolute Gasteiger partial charge is 0.329 e. The highest BCUT2D eigenvalue weighted by atomic mass is 32.2. The van der Waals surface area contributed by atoms with Gasteiger partial charge in [0.2, 0.25) is 21.8 Å². The van der Waals surface area contributed by atoms with Gasteiger partial charge in [0.05, 0.1) is 29.7 Å². The fraction of sp³-hybridized carbons (Fsp3) is 0.158. The molecule has 3 aromatic rings. The maximum Gasteiger partial charge on any atom is 0.329 e. The first-order chi connectivity index (χ1) is 15.2. The van der Waals surface area contributed by atoms with Crippen LogP contribution in [0.15, 0.2) is 53.6 Å². The van der Waals surface area contributed by atoms with Gasteiger partial charge in [0, 0.05) is 12.6 Å². The summed E-state index contributed by atoms with van der Waals surface area (Å²) in [6, 6.07) is 11.1. The van der Waals surface area contributed by atoms with Crippen molar-refractivity contribution >= 4 is 33.2 Å². The van der Waals surface area contributed by atoms with E-state index in [-0.39, 0.29) is 28.9 Å². The topological polar surface area (TPSA) is 172 Å². The quantitative estimate of drug-likeness (QED) is 0.318. The van der Waals surface area contributed by atoms with Gasteiger partial charge in [-0.1, -0.05) is 18.2 Å². The summed E-state index contributed by atoms with van der Waals surface area (Å²) in [7, 11) is -0.977. The predicted molar refractivity (Wildman–Crippen MR) is 117 cm³/mol. The second-order valence-corrected chi connectivity index (χ2v) is 7.91. The first kappa shape index (κ1) is 22.7. The average molecular weight is 460 g/mol. The standard InChI is InChI=1S/C19H20N6O6S/c1-30-13-7-8-16(31-2)14(9-13)23-19-22-11-15(25(26)27)18(24-19)21-10-12-5-3-4-6-17(12)32(20,28)29/h3-9,11H,10H2,1-2H3,(H2,20,28,29)(H2,21,22,23,24). The van der Waals surface area contributed by atoms with Crippen molar-refractivity contribution < 1.29 is 22.8 Å². The molecule has 168 valence electrons. The van der Waals surface area contributed by atoms with Gasteiger partial charge in [-0.3, -0.25) is 10.1 Å². The Morgan fingerprint density at radius 1 is 1.16 bits per heavy atom. The van der Waals surface area contributed by atoms with Crippen LogP contribution in [0.2, 0.25) is 0 Å². The van der Waals surface area contributed by atoms with Crippen molar-refractivity contribution in [1.82, 2.24) is 9.97 Å². The minimum absolute atomic E-state index is 0.0457. The van der Waals surface area contributed by atoms with Crippen molar-refractivity contribution in [2.75, 3.05) is 24.9 Å². The van der Waals surface area contributed by atoms with E-state index in [1.165, 1.54) is 26.4 Å². The number of rotatable bonds is 9. The van der Waals surface area contributed by atoms with Crippen LogP contribution in [0.3, 0.4) is 0 Å². The van der Waals surface area contributed by atoms with E-state index in [4.69, 9.17) is 14.6 Å². The van der Waals surface area contributed by atoms with Gasteiger partial charge in [-0.05, 0) is 23.8 Å². The molecule has 0 aliphatic rings. The van der Waals surface area contributed by atoms with Crippen molar-refractivity contribution in [3.63, 3.8) is 0 Å². The minimum Gasteiger partial charge on any atom is -0.497 e. The number of methoxy groups -OCH3 is 2. The van der Waals surface area contributed by atoms with E-state index in [0.717, 1.165) is 6.20 Å². The molecule has 0 fully saturated rings. The Balaban J connectivity index is 1.92. The Hall–Kier alpha value is -3.97. The minimum atomic E-state index is -3.97. The summed E-state index contributed by atoms with van der Waals surface area (Å²) < 4.78 is 34.1. The largest absolute Gasteiger partial charge is 0.497 e. The first-order valence-corrected chi connectivity index (χ1v) is 10.6. The molecule has 0 saturated carbocycles. The SMILES string of the molecule is COc1ccc(OC)c(Nc2ncc([N+](=O)[O-])c(NCc3ccccc3S(N)(=O)=O)n2)c1. The van der Waals surface area contributed by atoms with E-state index < -0.39 is 14.9 Å². The zero-order valence-electron chi connectivity index (χ0n) is 17.1. The predicted octanol–water partition coefficient (Wildman–Crippen LogP) is 2.41. The number of benzene rings is 2. The number of nitro groups is 1. The maximum atomic E-state index is 11.8. The average Bonchev–Trinajstić information content (AvgIpc) is 2.77. The number of primary sulfonamides is 1. The highest BCUT2D eigenvalue weighted by Crippen LogP contribution is 2.32. The lowest BCUT2D eigenvalue weighted by Gasteiger charge is -2.13. The van der Waals surface area contributed by atoms with Gasteiger partial charge < -0.3 is 20.1 Å². The van der Waals surface area contributed by atoms with Crippen molar-refractivity contribution in [3.8, 4) is 11.5 Å². The van der Waals surface area contributed by atoms with Crippen LogP contribution < -0.4 is 25.2 Å². The molecular weight excluding hydrogens is 440 g/mol. The lowest BCUT2D eigenvalue weighted by atomic mass is 10.2. The molecule has 4 N–H and O–H groups in total. The molecule has 0 bridgehead atoms. The molecule has 32 heavy (non-hydrogen) atoms. The van der Waals surface area contributed by atoms with Crippen LogP contribution in [0.25, 0.3) is 0 Å². The first-order valence-electron chi connectivity index (χ1n) is 9.08. The van der Waals surface area contributed by atoms with E-state index in [1.54, 1.807) is 30.3 Å². The lowest BCUT2D eigenvalue weighted by molar-refractivity contribution is -0.384. The van der Waals surface area contributed by atoms with Gasteiger partial charge in [0.15, 0.2) is 0 Å². The van der Waals surface area contributed by atoms with Crippen molar-refractivity contribution in [2.24, 2.45) is 5.14 Å². The van der Waals surface area contributed by atoms with E-state index in [1.807, 2.05) is 0 Å². The number of sulfonamides is 1. The van der Waals surface area contributed by atoms with E-state index in [0.29, 0.717) is 22.7 Å². The van der Waals surface area contributed by atoms with Gasteiger partial charge in [0.25, 0.3) is 0 Å². The Bertz CT molecular complexity index is 1250. The molecule has 1 heterocycles. The van der Waals surface area contributed by atoms with Crippen molar-refractivity contribution in [3.05, 3.63) is 64.3 Å². The third-order valence-electron chi connectivity index (χ3n) is 4.34. The molecule has 13 heteroatoms. The summed E-state index contributed by atoms with van der Waals surface area (Å²) in [6.07, 6.45) is 1.04. The number of nitrogens with two attached hydrogens (primary N) is 1. The van der Waals surface area contributed by atoms with Crippen LogP contribution in [0.1, 0.15) is 5.56 Å². The zero-order valence-corrected chi connectivity index (χ0v) is 17.9. The highest BCUT2D eigenvalue weighted by molar-refractivity contribution is 7.89.